The number of amides is 2. The Morgan fingerprint density at radius 1 is 1.35 bits per heavy atom. The Hall–Kier alpha value is -2.32. The van der Waals surface area contributed by atoms with Gasteiger partial charge in [0.2, 0.25) is 11.8 Å². The van der Waals surface area contributed by atoms with Gasteiger partial charge in [-0.3, -0.25) is 14.4 Å². The first kappa shape index (κ1) is 20.0. The highest BCUT2D eigenvalue weighted by molar-refractivity contribution is 7.99. The monoisotopic (exact) mass is 394 g/mol. The molecule has 1 heterocycles. The van der Waals surface area contributed by atoms with Gasteiger partial charge in [-0.2, -0.15) is 0 Å². The van der Waals surface area contributed by atoms with E-state index in [1.807, 2.05) is 13.0 Å². The Balaban J connectivity index is 1.92. The van der Waals surface area contributed by atoms with Crippen molar-refractivity contribution in [3.8, 4) is 0 Å². The van der Waals surface area contributed by atoms with Crippen LogP contribution in [0.5, 0.6) is 0 Å². The molecule has 2 rings (SSSR count). The maximum Gasteiger partial charge on any atom is 0.251 e. The Labute approximate surface area is 160 Å². The number of benzene rings is 1. The van der Waals surface area contributed by atoms with Crippen molar-refractivity contribution in [1.29, 1.82) is 0 Å². The summed E-state index contributed by atoms with van der Waals surface area (Å²) in [6.45, 7) is 3.97. The topological polar surface area (TPSA) is 95.2 Å². The number of aromatic amines is 1. The summed E-state index contributed by atoms with van der Waals surface area (Å²) in [5.74, 6) is -0.451. The van der Waals surface area contributed by atoms with E-state index in [-0.39, 0.29) is 29.7 Å². The molecule has 7 nitrogen and oxygen atoms in total. The number of aromatic nitrogens is 2. The normalized spacial score (nSPS) is 10.4. The van der Waals surface area contributed by atoms with Crippen LogP contribution in [0.2, 0.25) is 5.02 Å². The van der Waals surface area contributed by atoms with Gasteiger partial charge in [-0.1, -0.05) is 29.4 Å². The summed E-state index contributed by atoms with van der Waals surface area (Å²) in [5.41, 5.74) is 1.22. The van der Waals surface area contributed by atoms with Crippen LogP contribution >= 0.6 is 23.4 Å². The number of hydrogen-bond donors (Lipinski definition) is 2. The van der Waals surface area contributed by atoms with Crippen LogP contribution < -0.4 is 10.9 Å². The molecule has 0 unspecified atom stereocenters. The Bertz CT molecular complexity index is 856. The lowest BCUT2D eigenvalue weighted by molar-refractivity contribution is -0.132. The minimum atomic E-state index is -0.304. The van der Waals surface area contributed by atoms with E-state index in [9.17, 15) is 14.4 Å². The number of nitrogens with zero attached hydrogens (tertiary/aromatic N) is 2. The molecule has 0 aliphatic rings. The van der Waals surface area contributed by atoms with Gasteiger partial charge in [-0.25, -0.2) is 4.98 Å². The molecule has 0 radical (unpaired) electrons. The third-order valence-corrected chi connectivity index (χ3v) is 4.63. The summed E-state index contributed by atoms with van der Waals surface area (Å²) >= 11 is 7.06. The summed E-state index contributed by atoms with van der Waals surface area (Å²) in [6, 6.07) is 6.52. The number of hydrogen-bond acceptors (Lipinski definition) is 5. The molecule has 2 amide bonds. The van der Waals surface area contributed by atoms with Crippen LogP contribution in [0.15, 0.2) is 40.4 Å². The average Bonchev–Trinajstić information content (AvgIpc) is 2.61. The first-order valence-electron chi connectivity index (χ1n) is 7.91. The maximum atomic E-state index is 12.3. The lowest BCUT2D eigenvalue weighted by Crippen LogP contribution is -2.39. The SMILES string of the molecule is CCN(CC(=O)Nc1cc(Cl)ccc1C)C(=O)CSc1nccc(=O)[nH]1. The van der Waals surface area contributed by atoms with Gasteiger partial charge in [0.25, 0.3) is 5.56 Å². The number of H-pyrrole nitrogens is 1. The van der Waals surface area contributed by atoms with Crippen LogP contribution in [0.25, 0.3) is 0 Å². The van der Waals surface area contributed by atoms with Crippen molar-refractivity contribution >= 4 is 40.9 Å². The molecule has 0 spiro atoms. The number of anilines is 1. The van der Waals surface area contributed by atoms with Crippen LogP contribution in [-0.2, 0) is 9.59 Å². The molecule has 0 bridgehead atoms. The Morgan fingerprint density at radius 3 is 2.81 bits per heavy atom. The minimum Gasteiger partial charge on any atom is -0.333 e. The molecular weight excluding hydrogens is 376 g/mol. The number of halogens is 1. The molecule has 0 fully saturated rings. The van der Waals surface area contributed by atoms with Gasteiger partial charge in [-0.05, 0) is 31.5 Å². The van der Waals surface area contributed by atoms with E-state index in [4.69, 9.17) is 11.6 Å². The fourth-order valence-electron chi connectivity index (χ4n) is 2.12. The second-order valence-electron chi connectivity index (χ2n) is 5.44. The van der Waals surface area contributed by atoms with E-state index in [0.29, 0.717) is 22.4 Å². The predicted octanol–water partition coefficient (Wildman–Crippen LogP) is 2.31. The Kier molecular flexibility index (Phi) is 7.23. The fraction of sp³-hybridized carbons (Fsp3) is 0.294. The molecule has 9 heteroatoms. The molecule has 2 aromatic rings. The zero-order valence-electron chi connectivity index (χ0n) is 14.4. The molecule has 2 N–H and O–H groups in total. The van der Waals surface area contributed by atoms with Gasteiger partial charge in [-0.15, -0.1) is 0 Å². The molecule has 138 valence electrons. The number of likely N-dealkylation sites (N-methyl/N-ethyl adjacent to an activating group) is 1. The molecule has 0 aliphatic heterocycles. The zero-order chi connectivity index (χ0) is 19.1. The summed E-state index contributed by atoms with van der Waals surface area (Å²) in [6.07, 6.45) is 1.38. The molecule has 1 aromatic carbocycles. The number of rotatable bonds is 7. The molecule has 0 aliphatic carbocycles. The molecular formula is C17H19ClN4O3S. The Morgan fingerprint density at radius 2 is 2.12 bits per heavy atom. The van der Waals surface area contributed by atoms with Gasteiger partial charge in [0.1, 0.15) is 0 Å². The van der Waals surface area contributed by atoms with Crippen molar-refractivity contribution in [2.24, 2.45) is 0 Å². The quantitative estimate of drug-likeness (QED) is 0.555. The molecule has 0 atom stereocenters. The van der Waals surface area contributed by atoms with Crippen LogP contribution in [0.1, 0.15) is 12.5 Å². The van der Waals surface area contributed by atoms with Gasteiger partial charge in [0, 0.05) is 29.5 Å². The lowest BCUT2D eigenvalue weighted by atomic mass is 10.2. The van der Waals surface area contributed by atoms with E-state index >= 15 is 0 Å². The standard InChI is InChI=1S/C17H19ClN4O3S/c1-3-22(16(25)10-26-17-19-7-6-14(23)21-17)9-15(24)20-13-8-12(18)5-4-11(13)2/h4-8H,3,9-10H2,1-2H3,(H,20,24)(H,19,21,23). The minimum absolute atomic E-state index is 0.0689. The summed E-state index contributed by atoms with van der Waals surface area (Å²) in [5, 5.41) is 3.65. The first-order chi connectivity index (χ1) is 12.4. The van der Waals surface area contributed by atoms with E-state index in [0.717, 1.165) is 17.3 Å². The molecule has 26 heavy (non-hydrogen) atoms. The number of nitrogens with one attached hydrogen (secondary N) is 2. The second kappa shape index (κ2) is 9.40. The predicted molar refractivity (Wildman–Crippen MR) is 103 cm³/mol. The first-order valence-corrected chi connectivity index (χ1v) is 9.27. The van der Waals surface area contributed by atoms with Crippen molar-refractivity contribution in [3.05, 3.63) is 51.4 Å². The average molecular weight is 395 g/mol. The number of carbonyl (C=O) groups is 2. The largest absolute Gasteiger partial charge is 0.333 e. The second-order valence-corrected chi connectivity index (χ2v) is 6.84. The van der Waals surface area contributed by atoms with Crippen molar-refractivity contribution in [3.63, 3.8) is 0 Å². The van der Waals surface area contributed by atoms with E-state index in [1.165, 1.54) is 17.2 Å². The van der Waals surface area contributed by atoms with Crippen LogP contribution in [0.3, 0.4) is 0 Å². The molecule has 0 saturated heterocycles. The summed E-state index contributed by atoms with van der Waals surface area (Å²) in [4.78, 5) is 43.8. The van der Waals surface area contributed by atoms with Crippen LogP contribution in [-0.4, -0.2) is 45.5 Å². The third-order valence-electron chi connectivity index (χ3n) is 3.52. The van der Waals surface area contributed by atoms with Crippen molar-refractivity contribution in [2.45, 2.75) is 19.0 Å². The summed E-state index contributed by atoms with van der Waals surface area (Å²) < 4.78 is 0. The number of aryl methyl sites for hydroxylation is 1. The molecule has 0 saturated carbocycles. The van der Waals surface area contributed by atoms with Crippen LogP contribution in [0.4, 0.5) is 5.69 Å². The lowest BCUT2D eigenvalue weighted by Gasteiger charge is -2.20. The fourth-order valence-corrected chi connectivity index (χ4v) is 3.04. The van der Waals surface area contributed by atoms with E-state index in [1.54, 1.807) is 19.1 Å². The van der Waals surface area contributed by atoms with Crippen molar-refractivity contribution < 1.29 is 9.59 Å². The smallest absolute Gasteiger partial charge is 0.251 e. The van der Waals surface area contributed by atoms with Gasteiger partial charge in [0.05, 0.1) is 12.3 Å². The maximum absolute atomic E-state index is 12.3. The highest BCUT2D eigenvalue weighted by Gasteiger charge is 2.17. The third kappa shape index (κ3) is 5.89. The number of thioether (sulfide) groups is 1. The van der Waals surface area contributed by atoms with E-state index < -0.39 is 0 Å². The van der Waals surface area contributed by atoms with Gasteiger partial charge < -0.3 is 15.2 Å². The highest BCUT2D eigenvalue weighted by atomic mass is 35.5. The molecule has 1 aromatic heterocycles. The van der Waals surface area contributed by atoms with Gasteiger partial charge >= 0.3 is 0 Å². The zero-order valence-corrected chi connectivity index (χ0v) is 16.0. The number of carbonyl (C=O) groups excluding carboxylic acids is 2. The van der Waals surface area contributed by atoms with Crippen LogP contribution in [0, 0.1) is 6.92 Å². The summed E-state index contributed by atoms with van der Waals surface area (Å²) in [7, 11) is 0. The highest BCUT2D eigenvalue weighted by Crippen LogP contribution is 2.20. The van der Waals surface area contributed by atoms with Gasteiger partial charge in [0.15, 0.2) is 5.16 Å². The van der Waals surface area contributed by atoms with E-state index in [2.05, 4.69) is 15.3 Å². The van der Waals surface area contributed by atoms with Crippen molar-refractivity contribution in [1.82, 2.24) is 14.9 Å². The van der Waals surface area contributed by atoms with Crippen molar-refractivity contribution in [2.75, 3.05) is 24.2 Å².